The first-order chi connectivity index (χ1) is 12.8. The van der Waals surface area contributed by atoms with Crippen LogP contribution in [0.2, 0.25) is 0 Å². The van der Waals surface area contributed by atoms with Crippen LogP contribution in [-0.4, -0.2) is 31.1 Å². The highest BCUT2D eigenvalue weighted by atomic mass is 15.2. The Morgan fingerprint density at radius 3 is 2.65 bits per heavy atom. The Labute approximate surface area is 158 Å². The number of hydrogen-bond donors (Lipinski definition) is 2. The predicted octanol–water partition coefficient (Wildman–Crippen LogP) is 3.89. The van der Waals surface area contributed by atoms with Crippen molar-refractivity contribution in [3.05, 3.63) is 83.7 Å². The number of benzene rings is 2. The van der Waals surface area contributed by atoms with Crippen LogP contribution in [0.15, 0.2) is 67.0 Å². The van der Waals surface area contributed by atoms with E-state index in [1.807, 2.05) is 0 Å². The largest absolute Gasteiger partial charge is 0.373 e. The summed E-state index contributed by atoms with van der Waals surface area (Å²) < 4.78 is 0. The third-order valence-electron chi connectivity index (χ3n) is 5.15. The standard InChI is InChI=1S/C23H31N3/c1-3-24-19(2)25-15-9-16-26-17-14-21-12-7-8-13-22(21)23(26)18-20-10-5-4-6-11-20/h4-8,10-13,23-25H,2-3,9,14-18H2,1H3. The van der Waals surface area contributed by atoms with Gasteiger partial charge in [-0.15, -0.1) is 0 Å². The maximum absolute atomic E-state index is 3.99. The molecule has 2 N–H and O–H groups in total. The topological polar surface area (TPSA) is 27.3 Å². The van der Waals surface area contributed by atoms with Gasteiger partial charge in [0.05, 0.1) is 5.82 Å². The Bertz CT molecular complexity index is 696. The van der Waals surface area contributed by atoms with Gasteiger partial charge < -0.3 is 10.6 Å². The van der Waals surface area contributed by atoms with Gasteiger partial charge >= 0.3 is 0 Å². The molecule has 0 saturated heterocycles. The van der Waals surface area contributed by atoms with E-state index in [2.05, 4.69) is 83.6 Å². The van der Waals surface area contributed by atoms with Crippen molar-refractivity contribution in [2.45, 2.75) is 32.2 Å². The van der Waals surface area contributed by atoms with Gasteiger partial charge in [-0.3, -0.25) is 4.90 Å². The van der Waals surface area contributed by atoms with E-state index >= 15 is 0 Å². The fourth-order valence-electron chi connectivity index (χ4n) is 3.84. The zero-order chi connectivity index (χ0) is 18.2. The Balaban J connectivity index is 1.65. The van der Waals surface area contributed by atoms with Crippen molar-refractivity contribution in [1.82, 2.24) is 15.5 Å². The van der Waals surface area contributed by atoms with Gasteiger partial charge in [-0.05, 0) is 42.9 Å². The fourth-order valence-corrected chi connectivity index (χ4v) is 3.84. The van der Waals surface area contributed by atoms with Gasteiger partial charge in [-0.1, -0.05) is 61.2 Å². The molecule has 0 aromatic heterocycles. The molecular formula is C23H31N3. The summed E-state index contributed by atoms with van der Waals surface area (Å²) in [5.41, 5.74) is 4.44. The first-order valence-corrected chi connectivity index (χ1v) is 9.80. The summed E-state index contributed by atoms with van der Waals surface area (Å²) in [6.07, 6.45) is 3.35. The summed E-state index contributed by atoms with van der Waals surface area (Å²) in [6, 6.07) is 20.3. The highest BCUT2D eigenvalue weighted by Gasteiger charge is 2.26. The van der Waals surface area contributed by atoms with Crippen LogP contribution in [-0.2, 0) is 12.8 Å². The third kappa shape index (κ3) is 4.89. The number of nitrogens with zero attached hydrogens (tertiary/aromatic N) is 1. The Kier molecular flexibility index (Phi) is 6.73. The van der Waals surface area contributed by atoms with Crippen LogP contribution in [0, 0.1) is 0 Å². The maximum Gasteiger partial charge on any atom is 0.0912 e. The van der Waals surface area contributed by atoms with Crippen LogP contribution < -0.4 is 10.6 Å². The van der Waals surface area contributed by atoms with Crippen molar-refractivity contribution in [3.63, 3.8) is 0 Å². The summed E-state index contributed by atoms with van der Waals surface area (Å²) in [5.74, 6) is 0.928. The minimum Gasteiger partial charge on any atom is -0.373 e. The Morgan fingerprint density at radius 1 is 1.08 bits per heavy atom. The van der Waals surface area contributed by atoms with Crippen molar-refractivity contribution in [1.29, 1.82) is 0 Å². The van der Waals surface area contributed by atoms with Crippen molar-refractivity contribution < 1.29 is 0 Å². The molecule has 1 unspecified atom stereocenters. The van der Waals surface area contributed by atoms with Gasteiger partial charge in [0.25, 0.3) is 0 Å². The zero-order valence-electron chi connectivity index (χ0n) is 15.9. The molecule has 1 aliphatic rings. The average molecular weight is 350 g/mol. The highest BCUT2D eigenvalue weighted by Crippen LogP contribution is 2.32. The molecule has 1 aliphatic heterocycles. The Morgan fingerprint density at radius 2 is 1.85 bits per heavy atom. The molecule has 3 nitrogen and oxygen atoms in total. The lowest BCUT2D eigenvalue weighted by Gasteiger charge is -2.37. The minimum absolute atomic E-state index is 0.472. The second-order valence-electron chi connectivity index (χ2n) is 6.98. The Hall–Kier alpha value is -2.26. The van der Waals surface area contributed by atoms with Gasteiger partial charge in [0.15, 0.2) is 0 Å². The van der Waals surface area contributed by atoms with E-state index in [0.717, 1.165) is 51.3 Å². The van der Waals surface area contributed by atoms with Crippen LogP contribution >= 0.6 is 0 Å². The third-order valence-corrected chi connectivity index (χ3v) is 5.15. The minimum atomic E-state index is 0.472. The smallest absolute Gasteiger partial charge is 0.0912 e. The van der Waals surface area contributed by atoms with Gasteiger partial charge in [-0.25, -0.2) is 0 Å². The molecule has 0 spiro atoms. The van der Waals surface area contributed by atoms with Crippen LogP contribution in [0.5, 0.6) is 0 Å². The lowest BCUT2D eigenvalue weighted by atomic mass is 9.88. The van der Waals surface area contributed by atoms with Gasteiger partial charge in [0, 0.05) is 32.2 Å². The SMILES string of the molecule is C=C(NCC)NCCCN1CCc2ccccc2C1Cc1ccccc1. The molecule has 0 amide bonds. The maximum atomic E-state index is 3.99. The average Bonchev–Trinajstić information content (AvgIpc) is 2.67. The van der Waals surface area contributed by atoms with Crippen molar-refractivity contribution in [3.8, 4) is 0 Å². The summed E-state index contributed by atoms with van der Waals surface area (Å²) >= 11 is 0. The molecule has 0 fully saturated rings. The molecule has 1 atom stereocenters. The van der Waals surface area contributed by atoms with E-state index in [0.29, 0.717) is 6.04 Å². The molecule has 0 radical (unpaired) electrons. The molecular weight excluding hydrogens is 318 g/mol. The first kappa shape index (κ1) is 18.5. The molecule has 0 bridgehead atoms. The molecule has 26 heavy (non-hydrogen) atoms. The van der Waals surface area contributed by atoms with E-state index < -0.39 is 0 Å². The molecule has 0 aliphatic carbocycles. The number of fused-ring (bicyclic) bond motifs is 1. The van der Waals surface area contributed by atoms with Crippen molar-refractivity contribution >= 4 is 0 Å². The van der Waals surface area contributed by atoms with Gasteiger partial charge in [-0.2, -0.15) is 0 Å². The highest BCUT2D eigenvalue weighted by molar-refractivity contribution is 5.34. The van der Waals surface area contributed by atoms with Crippen LogP contribution in [0.3, 0.4) is 0 Å². The summed E-state index contributed by atoms with van der Waals surface area (Å²) in [4.78, 5) is 2.66. The number of rotatable bonds is 9. The molecule has 1 heterocycles. The van der Waals surface area contributed by atoms with Crippen LogP contribution in [0.25, 0.3) is 0 Å². The molecule has 2 aromatic carbocycles. The second kappa shape index (κ2) is 9.44. The monoisotopic (exact) mass is 349 g/mol. The molecule has 3 rings (SSSR count). The van der Waals surface area contributed by atoms with E-state index in [1.165, 1.54) is 16.7 Å². The summed E-state index contributed by atoms with van der Waals surface area (Å²) in [7, 11) is 0. The van der Waals surface area contributed by atoms with Crippen LogP contribution in [0.1, 0.15) is 36.1 Å². The fraction of sp³-hybridized carbons (Fsp3) is 0.391. The first-order valence-electron chi connectivity index (χ1n) is 9.80. The van der Waals surface area contributed by atoms with Crippen molar-refractivity contribution in [2.75, 3.05) is 26.2 Å². The number of nitrogens with one attached hydrogen (secondary N) is 2. The summed E-state index contributed by atoms with van der Waals surface area (Å²) in [5, 5.41) is 6.59. The van der Waals surface area contributed by atoms with Crippen LogP contribution in [0.4, 0.5) is 0 Å². The van der Waals surface area contributed by atoms with E-state index in [-0.39, 0.29) is 0 Å². The lowest BCUT2D eigenvalue weighted by molar-refractivity contribution is 0.181. The van der Waals surface area contributed by atoms with E-state index in [9.17, 15) is 0 Å². The molecule has 2 aromatic rings. The van der Waals surface area contributed by atoms with Gasteiger partial charge in [0.2, 0.25) is 0 Å². The number of hydrogen-bond acceptors (Lipinski definition) is 3. The molecule has 0 saturated carbocycles. The predicted molar refractivity (Wildman–Crippen MR) is 110 cm³/mol. The van der Waals surface area contributed by atoms with E-state index in [4.69, 9.17) is 0 Å². The second-order valence-corrected chi connectivity index (χ2v) is 6.98. The normalized spacial score (nSPS) is 16.7. The summed E-state index contributed by atoms with van der Waals surface area (Å²) in [6.45, 7) is 10.2. The van der Waals surface area contributed by atoms with E-state index in [1.54, 1.807) is 0 Å². The molecule has 138 valence electrons. The van der Waals surface area contributed by atoms with Crippen molar-refractivity contribution in [2.24, 2.45) is 0 Å². The van der Waals surface area contributed by atoms with Gasteiger partial charge in [0.1, 0.15) is 0 Å². The zero-order valence-corrected chi connectivity index (χ0v) is 15.9. The lowest BCUT2D eigenvalue weighted by Crippen LogP contribution is -2.38. The quantitative estimate of drug-likeness (QED) is 0.673. The molecule has 3 heteroatoms.